The summed E-state index contributed by atoms with van der Waals surface area (Å²) in [6, 6.07) is 0. The lowest BCUT2D eigenvalue weighted by Crippen LogP contribution is -1.88. The SMILES string of the molecule is CC(C)=CCCC(C)C=CC/C(C)=C/CO. The van der Waals surface area contributed by atoms with Gasteiger partial charge in [0, 0.05) is 0 Å². The van der Waals surface area contributed by atoms with Gasteiger partial charge in [-0.3, -0.25) is 0 Å². The number of hydrogen-bond acceptors (Lipinski definition) is 1. The normalized spacial score (nSPS) is 14.2. The van der Waals surface area contributed by atoms with E-state index in [4.69, 9.17) is 5.11 Å². The smallest absolute Gasteiger partial charge is 0.0615 e. The lowest BCUT2D eigenvalue weighted by atomic mass is 10.0. The summed E-state index contributed by atoms with van der Waals surface area (Å²) in [6.07, 6.45) is 12.0. The predicted molar refractivity (Wildman–Crippen MR) is 72.4 cm³/mol. The first-order chi connectivity index (χ1) is 7.56. The molecule has 1 atom stereocenters. The predicted octanol–water partition coefficient (Wildman–Crippen LogP) is 4.25. The van der Waals surface area contributed by atoms with E-state index < -0.39 is 0 Å². The maximum absolute atomic E-state index is 8.71. The summed E-state index contributed by atoms with van der Waals surface area (Å²) in [4.78, 5) is 0. The summed E-state index contributed by atoms with van der Waals surface area (Å²) in [5, 5.41) is 8.71. The van der Waals surface area contributed by atoms with Crippen molar-refractivity contribution in [2.45, 2.75) is 47.0 Å². The maximum atomic E-state index is 8.71. The second-order valence-electron chi connectivity index (χ2n) is 4.70. The summed E-state index contributed by atoms with van der Waals surface area (Å²) in [6.45, 7) is 8.73. The molecule has 0 amide bonds. The minimum Gasteiger partial charge on any atom is -0.392 e. The summed E-state index contributed by atoms with van der Waals surface area (Å²) < 4.78 is 0. The zero-order valence-corrected chi connectivity index (χ0v) is 11.2. The second-order valence-corrected chi connectivity index (χ2v) is 4.70. The molecule has 0 radical (unpaired) electrons. The van der Waals surface area contributed by atoms with Crippen LogP contribution in [0.4, 0.5) is 0 Å². The molecule has 1 nitrogen and oxygen atoms in total. The van der Waals surface area contributed by atoms with Gasteiger partial charge in [0.05, 0.1) is 6.61 Å². The van der Waals surface area contributed by atoms with Gasteiger partial charge in [0.1, 0.15) is 0 Å². The quantitative estimate of drug-likeness (QED) is 0.638. The molecule has 0 bridgehead atoms. The third-order valence-corrected chi connectivity index (χ3v) is 2.52. The van der Waals surface area contributed by atoms with Crippen LogP contribution in [-0.2, 0) is 0 Å². The van der Waals surface area contributed by atoms with Gasteiger partial charge < -0.3 is 5.11 Å². The molecule has 92 valence electrons. The highest BCUT2D eigenvalue weighted by Gasteiger charge is 1.94. The molecule has 0 heterocycles. The molecule has 1 heteroatoms. The Hall–Kier alpha value is -0.820. The molecule has 0 aromatic heterocycles. The minimum absolute atomic E-state index is 0.149. The first kappa shape index (κ1) is 15.2. The molecule has 0 aromatic carbocycles. The van der Waals surface area contributed by atoms with Crippen molar-refractivity contribution in [2.75, 3.05) is 6.61 Å². The zero-order chi connectivity index (χ0) is 12.4. The monoisotopic (exact) mass is 222 g/mol. The van der Waals surface area contributed by atoms with Crippen LogP contribution in [0.25, 0.3) is 0 Å². The Balaban J connectivity index is 3.78. The van der Waals surface area contributed by atoms with E-state index in [-0.39, 0.29) is 6.61 Å². The zero-order valence-electron chi connectivity index (χ0n) is 11.2. The van der Waals surface area contributed by atoms with Crippen molar-refractivity contribution in [1.29, 1.82) is 0 Å². The van der Waals surface area contributed by atoms with Gasteiger partial charge in [0.2, 0.25) is 0 Å². The minimum atomic E-state index is 0.149. The standard InChI is InChI=1S/C15H26O/c1-13(2)7-5-8-14(3)9-6-10-15(4)11-12-16/h6-7,9,11,14,16H,5,8,10,12H2,1-4H3/b9-6?,15-11+. The van der Waals surface area contributed by atoms with Gasteiger partial charge >= 0.3 is 0 Å². The van der Waals surface area contributed by atoms with Gasteiger partial charge in [-0.05, 0) is 46.0 Å². The molecule has 0 aliphatic carbocycles. The van der Waals surface area contributed by atoms with Crippen molar-refractivity contribution in [2.24, 2.45) is 5.92 Å². The average Bonchev–Trinajstić information content (AvgIpc) is 2.17. The van der Waals surface area contributed by atoms with E-state index in [1.165, 1.54) is 24.0 Å². The summed E-state index contributed by atoms with van der Waals surface area (Å²) in [5.41, 5.74) is 2.63. The maximum Gasteiger partial charge on any atom is 0.0615 e. The molecular formula is C15H26O. The number of hydrogen-bond donors (Lipinski definition) is 1. The Morgan fingerprint density at radius 1 is 1.19 bits per heavy atom. The molecule has 0 saturated carbocycles. The number of aliphatic hydroxyl groups excluding tert-OH is 1. The fraction of sp³-hybridized carbons (Fsp3) is 0.600. The van der Waals surface area contributed by atoms with Crippen LogP contribution in [0, 0.1) is 5.92 Å². The van der Waals surface area contributed by atoms with Crippen molar-refractivity contribution < 1.29 is 5.11 Å². The molecule has 1 N–H and O–H groups in total. The van der Waals surface area contributed by atoms with Crippen molar-refractivity contribution in [3.05, 3.63) is 35.5 Å². The highest BCUT2D eigenvalue weighted by atomic mass is 16.2. The van der Waals surface area contributed by atoms with Gasteiger partial charge in [-0.1, -0.05) is 42.4 Å². The fourth-order valence-electron chi connectivity index (χ4n) is 1.46. The van der Waals surface area contributed by atoms with Crippen LogP contribution in [0.3, 0.4) is 0 Å². The van der Waals surface area contributed by atoms with Crippen LogP contribution in [0.15, 0.2) is 35.5 Å². The van der Waals surface area contributed by atoms with Crippen LogP contribution in [0.5, 0.6) is 0 Å². The molecule has 1 unspecified atom stereocenters. The van der Waals surface area contributed by atoms with E-state index in [9.17, 15) is 0 Å². The van der Waals surface area contributed by atoms with Crippen molar-refractivity contribution in [1.82, 2.24) is 0 Å². The summed E-state index contributed by atoms with van der Waals surface area (Å²) in [7, 11) is 0. The molecule has 0 spiro atoms. The Labute approximate surface area is 101 Å². The highest BCUT2D eigenvalue weighted by molar-refractivity contribution is 5.05. The van der Waals surface area contributed by atoms with Gasteiger partial charge in [-0.25, -0.2) is 0 Å². The number of allylic oxidation sites excluding steroid dienone is 5. The first-order valence-electron chi connectivity index (χ1n) is 6.12. The lowest BCUT2D eigenvalue weighted by molar-refractivity contribution is 0.341. The lowest BCUT2D eigenvalue weighted by Gasteiger charge is -2.03. The molecule has 16 heavy (non-hydrogen) atoms. The molecule has 0 fully saturated rings. The van der Waals surface area contributed by atoms with E-state index in [1.54, 1.807) is 0 Å². The molecule has 0 aliphatic heterocycles. The van der Waals surface area contributed by atoms with Crippen LogP contribution in [-0.4, -0.2) is 11.7 Å². The van der Waals surface area contributed by atoms with Gasteiger partial charge in [-0.2, -0.15) is 0 Å². The molecular weight excluding hydrogens is 196 g/mol. The van der Waals surface area contributed by atoms with Gasteiger partial charge in [0.15, 0.2) is 0 Å². The molecule has 0 aliphatic rings. The second kappa shape index (κ2) is 9.41. The number of rotatable bonds is 7. The summed E-state index contributed by atoms with van der Waals surface area (Å²) >= 11 is 0. The Kier molecular flexibility index (Phi) is 8.93. The van der Waals surface area contributed by atoms with Crippen molar-refractivity contribution in [3.63, 3.8) is 0 Å². The van der Waals surface area contributed by atoms with Gasteiger partial charge in [-0.15, -0.1) is 0 Å². The highest BCUT2D eigenvalue weighted by Crippen LogP contribution is 2.10. The van der Waals surface area contributed by atoms with E-state index >= 15 is 0 Å². The van der Waals surface area contributed by atoms with Crippen molar-refractivity contribution in [3.8, 4) is 0 Å². The van der Waals surface area contributed by atoms with E-state index in [0.29, 0.717) is 5.92 Å². The average molecular weight is 222 g/mol. The van der Waals surface area contributed by atoms with E-state index in [0.717, 1.165) is 6.42 Å². The summed E-state index contributed by atoms with van der Waals surface area (Å²) in [5.74, 6) is 0.637. The van der Waals surface area contributed by atoms with E-state index in [2.05, 4.69) is 45.9 Å². The number of aliphatic hydroxyl groups is 1. The van der Waals surface area contributed by atoms with Crippen LogP contribution < -0.4 is 0 Å². The van der Waals surface area contributed by atoms with Gasteiger partial charge in [0.25, 0.3) is 0 Å². The fourth-order valence-corrected chi connectivity index (χ4v) is 1.46. The topological polar surface area (TPSA) is 20.2 Å². The van der Waals surface area contributed by atoms with E-state index in [1.807, 2.05) is 6.08 Å². The van der Waals surface area contributed by atoms with Crippen LogP contribution in [0.2, 0.25) is 0 Å². The molecule has 0 saturated heterocycles. The third-order valence-electron chi connectivity index (χ3n) is 2.52. The first-order valence-corrected chi connectivity index (χ1v) is 6.12. The molecule has 0 aromatic rings. The van der Waals surface area contributed by atoms with Crippen LogP contribution in [0.1, 0.15) is 47.0 Å². The third kappa shape index (κ3) is 9.72. The Morgan fingerprint density at radius 3 is 2.44 bits per heavy atom. The Bertz CT molecular complexity index is 255. The largest absolute Gasteiger partial charge is 0.392 e. The Morgan fingerprint density at radius 2 is 1.88 bits per heavy atom. The molecule has 0 rings (SSSR count). The van der Waals surface area contributed by atoms with Crippen LogP contribution >= 0.6 is 0 Å². The van der Waals surface area contributed by atoms with Crippen molar-refractivity contribution >= 4 is 0 Å².